The van der Waals surface area contributed by atoms with Gasteiger partial charge in [-0.15, -0.1) is 0 Å². The SMILES string of the molecule is CC[N](CC)[Al]=[O]. The van der Waals surface area contributed by atoms with Crippen molar-refractivity contribution < 1.29 is 3.80 Å². The summed E-state index contributed by atoms with van der Waals surface area (Å²) in [7, 11) is 0. The van der Waals surface area contributed by atoms with E-state index in [1.54, 1.807) is 0 Å². The van der Waals surface area contributed by atoms with Gasteiger partial charge in [0.2, 0.25) is 0 Å². The van der Waals surface area contributed by atoms with Gasteiger partial charge in [0, 0.05) is 0 Å². The molecule has 0 spiro atoms. The van der Waals surface area contributed by atoms with Crippen LogP contribution in [0.3, 0.4) is 0 Å². The molecule has 0 saturated carbocycles. The molecule has 0 aliphatic heterocycles. The van der Waals surface area contributed by atoms with E-state index in [4.69, 9.17) is 0 Å². The van der Waals surface area contributed by atoms with E-state index >= 15 is 0 Å². The summed E-state index contributed by atoms with van der Waals surface area (Å²) >= 11 is -0.678. The topological polar surface area (TPSA) is 20.3 Å². The third-order valence-corrected chi connectivity index (χ3v) is 1.99. The zero-order valence-corrected chi connectivity index (χ0v) is 6.00. The van der Waals surface area contributed by atoms with Crippen LogP contribution in [0.5, 0.6) is 0 Å². The summed E-state index contributed by atoms with van der Waals surface area (Å²) in [5.74, 6) is 0. The summed E-state index contributed by atoms with van der Waals surface area (Å²) in [4.78, 5) is 0. The third-order valence-electron chi connectivity index (χ3n) is 0.961. The summed E-state index contributed by atoms with van der Waals surface area (Å²) in [5, 5.41) is 0. The van der Waals surface area contributed by atoms with Crippen LogP contribution in [0.2, 0.25) is 0 Å². The molecule has 40 valence electrons. The molecular formula is C4H10AlNO. The average molecular weight is 115 g/mol. The molecule has 0 rings (SSSR count). The van der Waals surface area contributed by atoms with E-state index in [0.717, 1.165) is 13.1 Å². The Morgan fingerprint density at radius 2 is 1.86 bits per heavy atom. The van der Waals surface area contributed by atoms with Crippen LogP contribution >= 0.6 is 0 Å². The van der Waals surface area contributed by atoms with Gasteiger partial charge in [-0.25, -0.2) is 0 Å². The van der Waals surface area contributed by atoms with Crippen molar-refractivity contribution in [1.29, 1.82) is 0 Å². The number of rotatable bonds is 3. The van der Waals surface area contributed by atoms with Crippen LogP contribution in [0.4, 0.5) is 0 Å². The van der Waals surface area contributed by atoms with Crippen LogP contribution in [0.1, 0.15) is 13.8 Å². The van der Waals surface area contributed by atoms with E-state index in [9.17, 15) is 3.80 Å². The molecule has 0 amide bonds. The fraction of sp³-hybridized carbons (Fsp3) is 1.00. The minimum atomic E-state index is -0.678. The third kappa shape index (κ3) is 2.78. The van der Waals surface area contributed by atoms with E-state index in [1.807, 2.05) is 17.7 Å². The van der Waals surface area contributed by atoms with Crippen molar-refractivity contribution in [3.8, 4) is 0 Å². The predicted octanol–water partition coefficient (Wildman–Crippen LogP) is 0.293. The van der Waals surface area contributed by atoms with Crippen LogP contribution in [0.15, 0.2) is 0 Å². The standard InChI is InChI=1S/C4H10N.Al.O/c1-3-5-4-2;;/h3-4H2,1-2H3;;/q-1;+1;. The predicted molar refractivity (Wildman–Crippen MR) is 29.4 cm³/mol. The van der Waals surface area contributed by atoms with Crippen LogP contribution < -0.4 is 0 Å². The Balaban J connectivity index is 3.16. The van der Waals surface area contributed by atoms with Crippen LogP contribution in [-0.2, 0) is 3.80 Å². The van der Waals surface area contributed by atoms with Crippen molar-refractivity contribution in [2.24, 2.45) is 0 Å². The molecule has 0 aromatic heterocycles. The maximum atomic E-state index is 10.1. The van der Waals surface area contributed by atoms with Gasteiger partial charge in [-0.2, -0.15) is 0 Å². The first-order valence-electron chi connectivity index (χ1n) is 2.54. The fourth-order valence-electron chi connectivity index (χ4n) is 0.373. The molecule has 0 aromatic rings. The maximum absolute atomic E-state index is 10.1. The fourth-order valence-corrected chi connectivity index (χ4v) is 0.671. The number of hydrogen-bond donors (Lipinski definition) is 0. The second kappa shape index (κ2) is 4.30. The minimum absolute atomic E-state index is 0.678. The molecular weight excluding hydrogens is 105 g/mol. The van der Waals surface area contributed by atoms with Crippen LogP contribution in [0.25, 0.3) is 0 Å². The molecule has 0 fully saturated rings. The second-order valence-corrected chi connectivity index (χ2v) is 2.27. The molecule has 0 aliphatic carbocycles. The first kappa shape index (κ1) is 7.13. The Labute approximate surface area is 50.6 Å². The Hall–Kier alpha value is 0.132. The molecule has 0 aromatic carbocycles. The van der Waals surface area contributed by atoms with Gasteiger partial charge in [0.1, 0.15) is 0 Å². The molecule has 0 saturated heterocycles. The van der Waals surface area contributed by atoms with Crippen molar-refractivity contribution in [1.82, 2.24) is 3.88 Å². The Morgan fingerprint density at radius 3 is 1.86 bits per heavy atom. The van der Waals surface area contributed by atoms with E-state index in [-0.39, 0.29) is 0 Å². The summed E-state index contributed by atoms with van der Waals surface area (Å²) in [5.41, 5.74) is 0. The van der Waals surface area contributed by atoms with Crippen LogP contribution in [-0.4, -0.2) is 32.3 Å². The molecule has 7 heavy (non-hydrogen) atoms. The van der Waals surface area contributed by atoms with Gasteiger partial charge in [-0.05, 0) is 0 Å². The van der Waals surface area contributed by atoms with Gasteiger partial charge >= 0.3 is 50.0 Å². The summed E-state index contributed by atoms with van der Waals surface area (Å²) in [6.45, 7) is 5.84. The molecule has 0 atom stereocenters. The van der Waals surface area contributed by atoms with E-state index < -0.39 is 15.4 Å². The zero-order valence-electron chi connectivity index (χ0n) is 4.85. The molecule has 0 heterocycles. The van der Waals surface area contributed by atoms with Crippen molar-refractivity contribution in [2.45, 2.75) is 13.8 Å². The van der Waals surface area contributed by atoms with Gasteiger partial charge in [0.15, 0.2) is 0 Å². The van der Waals surface area contributed by atoms with Gasteiger partial charge in [-0.1, -0.05) is 0 Å². The zero-order chi connectivity index (χ0) is 5.70. The summed E-state index contributed by atoms with van der Waals surface area (Å²) < 4.78 is 12.0. The Morgan fingerprint density at radius 1 is 1.43 bits per heavy atom. The summed E-state index contributed by atoms with van der Waals surface area (Å²) in [6, 6.07) is 0. The Kier molecular flexibility index (Phi) is 4.38. The number of hydrogen-bond acceptors (Lipinski definition) is 1. The first-order chi connectivity index (χ1) is 3.35. The van der Waals surface area contributed by atoms with Gasteiger partial charge in [-0.3, -0.25) is 0 Å². The van der Waals surface area contributed by atoms with Crippen LogP contribution in [0, 0.1) is 0 Å². The quantitative estimate of drug-likeness (QED) is 0.493. The molecule has 3 heteroatoms. The molecule has 2 nitrogen and oxygen atoms in total. The Bertz CT molecular complexity index is 53.7. The molecule has 0 unspecified atom stereocenters. The normalized spacial score (nSPS) is 7.71. The van der Waals surface area contributed by atoms with Crippen molar-refractivity contribution in [3.05, 3.63) is 0 Å². The van der Waals surface area contributed by atoms with E-state index in [0.29, 0.717) is 0 Å². The van der Waals surface area contributed by atoms with Crippen molar-refractivity contribution >= 4 is 15.4 Å². The molecule has 0 radical (unpaired) electrons. The van der Waals surface area contributed by atoms with E-state index in [2.05, 4.69) is 0 Å². The van der Waals surface area contributed by atoms with Gasteiger partial charge in [0.05, 0.1) is 0 Å². The average Bonchev–Trinajstić information content (AvgIpc) is 1.72. The monoisotopic (exact) mass is 115 g/mol. The number of nitrogens with zero attached hydrogens (tertiary/aromatic N) is 1. The summed E-state index contributed by atoms with van der Waals surface area (Å²) in [6.07, 6.45) is 0. The molecule has 0 aliphatic rings. The van der Waals surface area contributed by atoms with E-state index in [1.165, 1.54) is 0 Å². The molecule has 0 N–H and O–H groups in total. The first-order valence-corrected chi connectivity index (χ1v) is 3.53. The van der Waals surface area contributed by atoms with Crippen molar-refractivity contribution in [2.75, 3.05) is 13.1 Å². The molecule has 0 bridgehead atoms. The van der Waals surface area contributed by atoms with Gasteiger partial charge < -0.3 is 0 Å². The van der Waals surface area contributed by atoms with Gasteiger partial charge in [0.25, 0.3) is 0 Å². The second-order valence-electron chi connectivity index (χ2n) is 1.33. The van der Waals surface area contributed by atoms with Crippen molar-refractivity contribution in [3.63, 3.8) is 0 Å².